The minimum Gasteiger partial charge on any atom is -0.341 e. The Hall–Kier alpha value is -3.27. The van der Waals surface area contributed by atoms with Gasteiger partial charge in [0.15, 0.2) is 0 Å². The van der Waals surface area contributed by atoms with Crippen molar-refractivity contribution < 1.29 is 18.0 Å². The molecule has 3 aromatic rings. The van der Waals surface area contributed by atoms with Gasteiger partial charge < -0.3 is 16.0 Å². The zero-order chi connectivity index (χ0) is 27.0. The van der Waals surface area contributed by atoms with Crippen LogP contribution in [0.15, 0.2) is 65.6 Å². The molecule has 0 bridgehead atoms. The van der Waals surface area contributed by atoms with Gasteiger partial charge in [-0.1, -0.05) is 49.4 Å². The van der Waals surface area contributed by atoms with Crippen LogP contribution >= 0.6 is 0 Å². The Morgan fingerprint density at radius 3 is 2.30 bits per heavy atom. The molecule has 196 valence electrons. The van der Waals surface area contributed by atoms with Crippen molar-refractivity contribution in [2.75, 3.05) is 18.4 Å². The van der Waals surface area contributed by atoms with Gasteiger partial charge in [-0.05, 0) is 56.9 Å². The van der Waals surface area contributed by atoms with Gasteiger partial charge in [0.05, 0.1) is 10.4 Å². The fourth-order valence-electron chi connectivity index (χ4n) is 4.81. The van der Waals surface area contributed by atoms with Crippen LogP contribution in [-0.4, -0.2) is 49.8 Å². The number of amides is 2. The third kappa shape index (κ3) is 5.69. The number of hydrogen-bond donors (Lipinski definition) is 3. The number of anilines is 1. The van der Waals surface area contributed by atoms with Crippen molar-refractivity contribution in [1.29, 1.82) is 0 Å². The summed E-state index contributed by atoms with van der Waals surface area (Å²) >= 11 is 0. The van der Waals surface area contributed by atoms with Gasteiger partial charge in [-0.2, -0.15) is 0 Å². The molecule has 4 N–H and O–H groups in total. The SMILES string of the molecule is Cc1ccccc1C(=O)Nc1ccc(S(=O)(=O)NC2CCN(C(=O)C(C)(C)N)CC2C)c2ccccc12. The third-order valence-electron chi connectivity index (χ3n) is 6.86. The summed E-state index contributed by atoms with van der Waals surface area (Å²) in [6, 6.07) is 17.2. The van der Waals surface area contributed by atoms with E-state index in [1.54, 1.807) is 55.1 Å². The normalized spacial score (nSPS) is 18.6. The molecular weight excluding hydrogens is 488 g/mol. The third-order valence-corrected chi connectivity index (χ3v) is 8.41. The van der Waals surface area contributed by atoms with Crippen LogP contribution in [0.2, 0.25) is 0 Å². The highest BCUT2D eigenvalue weighted by Crippen LogP contribution is 2.31. The summed E-state index contributed by atoms with van der Waals surface area (Å²) < 4.78 is 29.9. The average Bonchev–Trinajstić information content (AvgIpc) is 2.84. The summed E-state index contributed by atoms with van der Waals surface area (Å²) in [7, 11) is -3.88. The number of likely N-dealkylation sites (tertiary alicyclic amines) is 1. The van der Waals surface area contributed by atoms with Crippen molar-refractivity contribution >= 4 is 38.3 Å². The smallest absolute Gasteiger partial charge is 0.255 e. The van der Waals surface area contributed by atoms with Crippen molar-refractivity contribution in [3.8, 4) is 0 Å². The Balaban J connectivity index is 1.57. The number of carbonyl (C=O) groups is 2. The molecule has 1 heterocycles. The summed E-state index contributed by atoms with van der Waals surface area (Å²) in [5, 5.41) is 4.08. The second-order valence-corrected chi connectivity index (χ2v) is 12.1. The number of fused-ring (bicyclic) bond motifs is 1. The lowest BCUT2D eigenvalue weighted by Gasteiger charge is -2.39. The van der Waals surface area contributed by atoms with Crippen LogP contribution in [0.5, 0.6) is 0 Å². The van der Waals surface area contributed by atoms with Gasteiger partial charge in [0.1, 0.15) is 0 Å². The van der Waals surface area contributed by atoms with Crippen LogP contribution in [0.1, 0.15) is 43.1 Å². The van der Waals surface area contributed by atoms with Gasteiger partial charge in [0.25, 0.3) is 5.91 Å². The van der Waals surface area contributed by atoms with Crippen molar-refractivity contribution in [2.45, 2.75) is 50.6 Å². The van der Waals surface area contributed by atoms with E-state index in [1.165, 1.54) is 6.07 Å². The molecule has 1 aliphatic rings. The number of nitrogens with zero attached hydrogens (tertiary/aromatic N) is 1. The first-order valence-corrected chi connectivity index (χ1v) is 13.9. The molecule has 0 saturated carbocycles. The van der Waals surface area contributed by atoms with E-state index in [2.05, 4.69) is 10.0 Å². The molecule has 0 aliphatic carbocycles. The Morgan fingerprint density at radius 1 is 1.00 bits per heavy atom. The van der Waals surface area contributed by atoms with Crippen LogP contribution in [0.3, 0.4) is 0 Å². The molecule has 37 heavy (non-hydrogen) atoms. The second-order valence-electron chi connectivity index (χ2n) is 10.4. The fourth-order valence-corrected chi connectivity index (χ4v) is 6.40. The highest BCUT2D eigenvalue weighted by atomic mass is 32.2. The zero-order valence-corrected chi connectivity index (χ0v) is 22.4. The van der Waals surface area contributed by atoms with E-state index in [0.717, 1.165) is 5.56 Å². The molecule has 1 aliphatic heterocycles. The first-order chi connectivity index (χ1) is 17.4. The molecule has 0 radical (unpaired) electrons. The number of hydrogen-bond acceptors (Lipinski definition) is 5. The minimum atomic E-state index is -3.88. The molecule has 9 heteroatoms. The average molecular weight is 523 g/mol. The number of piperidine rings is 1. The van der Waals surface area contributed by atoms with Gasteiger partial charge in [-0.15, -0.1) is 0 Å². The molecule has 2 atom stereocenters. The van der Waals surface area contributed by atoms with Crippen molar-refractivity contribution in [2.24, 2.45) is 11.7 Å². The second kappa shape index (κ2) is 10.2. The van der Waals surface area contributed by atoms with E-state index in [-0.39, 0.29) is 28.7 Å². The Kier molecular flexibility index (Phi) is 7.41. The van der Waals surface area contributed by atoms with Crippen LogP contribution in [-0.2, 0) is 14.8 Å². The van der Waals surface area contributed by atoms with Gasteiger partial charge in [-0.3, -0.25) is 9.59 Å². The highest BCUT2D eigenvalue weighted by molar-refractivity contribution is 7.89. The molecule has 8 nitrogen and oxygen atoms in total. The number of rotatable bonds is 6. The number of nitrogens with one attached hydrogen (secondary N) is 2. The number of nitrogens with two attached hydrogens (primary N) is 1. The van der Waals surface area contributed by atoms with Crippen LogP contribution in [0, 0.1) is 12.8 Å². The maximum absolute atomic E-state index is 13.5. The summed E-state index contributed by atoms with van der Waals surface area (Å²) in [5.74, 6) is -0.489. The Bertz CT molecular complexity index is 1450. The molecule has 1 fully saturated rings. The van der Waals surface area contributed by atoms with Crippen LogP contribution in [0.25, 0.3) is 10.8 Å². The lowest BCUT2D eigenvalue weighted by molar-refractivity contribution is -0.137. The quantitative estimate of drug-likeness (QED) is 0.456. The molecule has 0 aromatic heterocycles. The molecule has 1 saturated heterocycles. The van der Waals surface area contributed by atoms with Gasteiger partial charge in [0.2, 0.25) is 15.9 Å². The predicted octanol–water partition coefficient (Wildman–Crippen LogP) is 3.65. The largest absolute Gasteiger partial charge is 0.341 e. The summed E-state index contributed by atoms with van der Waals surface area (Å²) in [6.45, 7) is 8.00. The maximum atomic E-state index is 13.5. The van der Waals surface area contributed by atoms with E-state index in [1.807, 2.05) is 32.0 Å². The standard InChI is InChI=1S/C28H34N4O4S/c1-18-9-5-6-10-20(18)26(33)30-24-13-14-25(22-12-8-7-11-21(22)24)37(35,36)31-23-15-16-32(17-19(23)2)27(34)28(3,4)29/h5-14,19,23,31H,15-17,29H2,1-4H3,(H,30,33). The lowest BCUT2D eigenvalue weighted by atomic mass is 9.93. The van der Waals surface area contributed by atoms with E-state index >= 15 is 0 Å². The molecule has 3 aromatic carbocycles. The lowest BCUT2D eigenvalue weighted by Crippen LogP contribution is -2.57. The van der Waals surface area contributed by atoms with Crippen molar-refractivity contribution in [3.05, 3.63) is 71.8 Å². The van der Waals surface area contributed by atoms with Crippen molar-refractivity contribution in [3.63, 3.8) is 0 Å². The highest BCUT2D eigenvalue weighted by Gasteiger charge is 2.36. The molecule has 2 amide bonds. The minimum absolute atomic E-state index is 0.0891. The number of benzene rings is 3. The summed E-state index contributed by atoms with van der Waals surface area (Å²) in [6.07, 6.45) is 0.491. The Labute approximate surface area is 218 Å². The van der Waals surface area contributed by atoms with E-state index in [4.69, 9.17) is 5.73 Å². The maximum Gasteiger partial charge on any atom is 0.255 e. The number of sulfonamides is 1. The van der Waals surface area contributed by atoms with E-state index < -0.39 is 15.6 Å². The zero-order valence-electron chi connectivity index (χ0n) is 21.6. The van der Waals surface area contributed by atoms with Gasteiger partial charge >= 0.3 is 0 Å². The number of carbonyl (C=O) groups excluding carboxylic acids is 2. The van der Waals surface area contributed by atoms with Crippen LogP contribution < -0.4 is 15.8 Å². The molecule has 4 rings (SSSR count). The van der Waals surface area contributed by atoms with Crippen LogP contribution in [0.4, 0.5) is 5.69 Å². The monoisotopic (exact) mass is 522 g/mol. The summed E-state index contributed by atoms with van der Waals surface area (Å²) in [5.41, 5.74) is 6.95. The number of aryl methyl sites for hydroxylation is 1. The van der Waals surface area contributed by atoms with E-state index in [9.17, 15) is 18.0 Å². The van der Waals surface area contributed by atoms with Gasteiger partial charge in [-0.25, -0.2) is 13.1 Å². The fraction of sp³-hybridized carbons (Fsp3) is 0.357. The predicted molar refractivity (Wildman–Crippen MR) is 146 cm³/mol. The first-order valence-electron chi connectivity index (χ1n) is 12.4. The van der Waals surface area contributed by atoms with E-state index in [0.29, 0.717) is 41.5 Å². The topological polar surface area (TPSA) is 122 Å². The molecule has 0 spiro atoms. The molecule has 2 unspecified atom stereocenters. The Morgan fingerprint density at radius 2 is 1.65 bits per heavy atom. The first kappa shape index (κ1) is 26.8. The van der Waals surface area contributed by atoms with Crippen molar-refractivity contribution in [1.82, 2.24) is 9.62 Å². The summed E-state index contributed by atoms with van der Waals surface area (Å²) in [4.78, 5) is 27.3. The van der Waals surface area contributed by atoms with Gasteiger partial charge in [0, 0.05) is 41.2 Å². The molecular formula is C28H34N4O4S.